The molecule has 0 fully saturated rings. The van der Waals surface area contributed by atoms with Crippen LogP contribution in [0.3, 0.4) is 0 Å². The van der Waals surface area contributed by atoms with Crippen molar-refractivity contribution in [3.8, 4) is 34.1 Å². The summed E-state index contributed by atoms with van der Waals surface area (Å²) in [7, 11) is 0. The third-order valence-corrected chi connectivity index (χ3v) is 21.4. The Morgan fingerprint density at radius 3 is 1.00 bits per heavy atom. The molecule has 21 rings (SSSR count). The molecule has 402 valence electrons. The van der Waals surface area contributed by atoms with Crippen molar-refractivity contribution < 1.29 is 9.47 Å². The SMILES string of the molecule is Cc1c2c3c4c5c1N(c1ccccc1)c1cc6c(cc1B5c1ccccc1N4c1ccccc1B3c1ccccc1O2)-c1cc2c(cc1C6(C)C)N(c1ccccc1)c1c(C)c3c4c5c1B2c1ccccc1N5c1ccccc1B4c1ccccc1O3. The van der Waals surface area contributed by atoms with Gasteiger partial charge in [0.25, 0.3) is 26.9 Å². The van der Waals surface area contributed by atoms with Crippen molar-refractivity contribution in [3.05, 3.63) is 253 Å². The van der Waals surface area contributed by atoms with E-state index in [1.807, 2.05) is 0 Å². The molecule has 0 N–H and O–H groups in total. The summed E-state index contributed by atoms with van der Waals surface area (Å²) in [4.78, 5) is 10.4. The van der Waals surface area contributed by atoms with Gasteiger partial charge < -0.3 is 29.1 Å². The molecule has 0 spiro atoms. The van der Waals surface area contributed by atoms with E-state index in [9.17, 15) is 0 Å². The van der Waals surface area contributed by atoms with Crippen molar-refractivity contribution >= 4 is 161 Å². The maximum absolute atomic E-state index is 7.33. The third kappa shape index (κ3) is 5.57. The van der Waals surface area contributed by atoms with Gasteiger partial charge in [0, 0.05) is 73.4 Å². The Labute approximate surface area is 506 Å². The zero-order valence-corrected chi connectivity index (χ0v) is 48.4. The Kier molecular flexibility index (Phi) is 8.73. The minimum Gasteiger partial charge on any atom is -0.458 e. The fraction of sp³-hybridized carbons (Fsp3) is 0.0649. The first-order valence-corrected chi connectivity index (χ1v) is 30.8. The van der Waals surface area contributed by atoms with Gasteiger partial charge in [-0.2, -0.15) is 0 Å². The van der Waals surface area contributed by atoms with Crippen LogP contribution in [0.1, 0.15) is 36.1 Å². The highest BCUT2D eigenvalue weighted by molar-refractivity contribution is 7.06. The van der Waals surface area contributed by atoms with Crippen LogP contribution in [0.25, 0.3) is 11.1 Å². The lowest BCUT2D eigenvalue weighted by atomic mass is 9.28. The molecule has 0 saturated carbocycles. The molecule has 0 saturated heterocycles. The Bertz CT molecular complexity index is 4880. The van der Waals surface area contributed by atoms with Crippen molar-refractivity contribution in [2.24, 2.45) is 0 Å². The van der Waals surface area contributed by atoms with Crippen molar-refractivity contribution in [3.63, 3.8) is 0 Å². The summed E-state index contributed by atoms with van der Waals surface area (Å²) in [6.07, 6.45) is 0. The molecular formula is C77H50B4N4O2. The summed E-state index contributed by atoms with van der Waals surface area (Å²) in [5.41, 5.74) is 37.1. The number of anilines is 12. The van der Waals surface area contributed by atoms with Gasteiger partial charge in [-0.1, -0.05) is 172 Å². The molecule has 9 aliphatic rings. The molecule has 8 heterocycles. The number of ether oxygens (including phenoxy) is 2. The molecule has 0 bridgehead atoms. The van der Waals surface area contributed by atoms with Gasteiger partial charge in [0.15, 0.2) is 0 Å². The van der Waals surface area contributed by atoms with Crippen LogP contribution in [0.15, 0.2) is 231 Å². The van der Waals surface area contributed by atoms with Gasteiger partial charge in [-0.15, -0.1) is 0 Å². The molecule has 0 unspecified atom stereocenters. The first kappa shape index (κ1) is 47.0. The minimum absolute atomic E-state index is 0.00174. The van der Waals surface area contributed by atoms with E-state index < -0.39 is 5.41 Å². The Morgan fingerprint density at radius 2 is 0.621 bits per heavy atom. The molecule has 0 atom stereocenters. The standard InChI is InChI=1S/C77H50B4N4O2/c1-43-71-67-73-69-75(43)86-65-37-21-15-31-55(65)78(69)51-27-11-17-33-59(51)84(73)61-35-19-13-29-53(61)80(67)57-39-47-48-40-58-64(42-50(48)77(3,4)49(47)41-63(57)82(71)45-23-7-5-8-24-45)83(46-25-9-6-10-26-46)72-44(2)76-70-74-68(72)81(58)54-30-14-20-36-62(54)85(74)60-34-18-12-28-52(60)79(70)56-32-16-22-38-66(56)87-76/h5-42H,1-4H3. The molecule has 1 aliphatic carbocycles. The summed E-state index contributed by atoms with van der Waals surface area (Å²) < 4.78 is 14.7. The quantitative estimate of drug-likeness (QED) is 0.160. The van der Waals surface area contributed by atoms with Crippen LogP contribution in [-0.4, -0.2) is 26.9 Å². The van der Waals surface area contributed by atoms with Crippen LogP contribution >= 0.6 is 0 Å². The second-order valence-corrected chi connectivity index (χ2v) is 25.8. The van der Waals surface area contributed by atoms with Crippen LogP contribution in [0, 0.1) is 13.8 Å². The minimum atomic E-state index is -0.399. The maximum atomic E-state index is 7.33. The zero-order valence-electron chi connectivity index (χ0n) is 48.4. The van der Waals surface area contributed by atoms with E-state index in [4.69, 9.17) is 9.47 Å². The van der Waals surface area contributed by atoms with Crippen LogP contribution in [-0.2, 0) is 5.41 Å². The summed E-state index contributed by atoms with van der Waals surface area (Å²) in [6.45, 7) is 9.41. The summed E-state index contributed by atoms with van der Waals surface area (Å²) in [6, 6.07) is 86.9. The van der Waals surface area contributed by atoms with E-state index in [2.05, 4.69) is 278 Å². The molecule has 12 aromatic rings. The number of nitrogens with zero attached hydrogens (tertiary/aromatic N) is 4. The molecule has 6 nitrogen and oxygen atoms in total. The van der Waals surface area contributed by atoms with Gasteiger partial charge in [-0.05, 0) is 174 Å². The lowest BCUT2D eigenvalue weighted by Gasteiger charge is -2.50. The number of benzene rings is 12. The average molecular weight is 1110 g/mol. The zero-order chi connectivity index (χ0) is 57.0. The largest absolute Gasteiger partial charge is 0.458 e. The molecular weight excluding hydrogens is 1060 g/mol. The van der Waals surface area contributed by atoms with E-state index in [1.165, 1.54) is 145 Å². The molecule has 0 radical (unpaired) electrons. The van der Waals surface area contributed by atoms with E-state index in [0.29, 0.717) is 0 Å². The second-order valence-electron chi connectivity index (χ2n) is 25.8. The molecule has 10 heteroatoms. The molecule has 0 amide bonds. The lowest BCUT2D eigenvalue weighted by Crippen LogP contribution is -2.68. The predicted octanol–water partition coefficient (Wildman–Crippen LogP) is 10.6. The second kappa shape index (κ2) is 16.2. The number of rotatable bonds is 2. The first-order chi connectivity index (χ1) is 42.8. The number of fused-ring (bicyclic) bond motifs is 23. The van der Waals surface area contributed by atoms with Gasteiger partial charge in [0.05, 0.1) is 11.4 Å². The summed E-state index contributed by atoms with van der Waals surface area (Å²) >= 11 is 0. The third-order valence-electron chi connectivity index (χ3n) is 21.4. The van der Waals surface area contributed by atoms with Crippen molar-refractivity contribution in [2.75, 3.05) is 19.6 Å². The van der Waals surface area contributed by atoms with Gasteiger partial charge in [0.2, 0.25) is 0 Å². The van der Waals surface area contributed by atoms with Gasteiger partial charge in [0.1, 0.15) is 23.0 Å². The maximum Gasteiger partial charge on any atom is 0.256 e. The Balaban J connectivity index is 0.852. The van der Waals surface area contributed by atoms with Gasteiger partial charge in [-0.25, -0.2) is 0 Å². The van der Waals surface area contributed by atoms with Crippen LogP contribution in [0.5, 0.6) is 23.0 Å². The van der Waals surface area contributed by atoms with E-state index in [1.54, 1.807) is 0 Å². The highest BCUT2D eigenvalue weighted by Crippen LogP contribution is 2.57. The van der Waals surface area contributed by atoms with Crippen molar-refractivity contribution in [1.82, 2.24) is 0 Å². The number of para-hydroxylation sites is 8. The van der Waals surface area contributed by atoms with E-state index >= 15 is 0 Å². The first-order valence-electron chi connectivity index (χ1n) is 30.8. The van der Waals surface area contributed by atoms with E-state index in [0.717, 1.165) is 45.5 Å². The fourth-order valence-corrected chi connectivity index (χ4v) is 18.0. The Hall–Kier alpha value is -10.3. The molecule has 0 aromatic heterocycles. The van der Waals surface area contributed by atoms with Crippen molar-refractivity contribution in [1.29, 1.82) is 0 Å². The predicted molar refractivity (Wildman–Crippen MR) is 364 cm³/mol. The highest BCUT2D eigenvalue weighted by atomic mass is 16.5. The van der Waals surface area contributed by atoms with Crippen LogP contribution in [0.4, 0.5) is 68.2 Å². The average Bonchev–Trinajstić information content (AvgIpc) is 1.65. The highest BCUT2D eigenvalue weighted by Gasteiger charge is 2.56. The smallest absolute Gasteiger partial charge is 0.256 e. The topological polar surface area (TPSA) is 31.4 Å². The van der Waals surface area contributed by atoms with Crippen LogP contribution in [0.2, 0.25) is 0 Å². The van der Waals surface area contributed by atoms with E-state index in [-0.39, 0.29) is 26.9 Å². The van der Waals surface area contributed by atoms with Gasteiger partial charge in [-0.3, -0.25) is 0 Å². The molecule has 87 heavy (non-hydrogen) atoms. The van der Waals surface area contributed by atoms with Gasteiger partial charge >= 0.3 is 0 Å². The summed E-state index contributed by atoms with van der Waals surface area (Å²) in [5, 5.41) is 0. The monoisotopic (exact) mass is 1110 g/mol. The Morgan fingerprint density at radius 1 is 0.299 bits per heavy atom. The number of hydrogen-bond acceptors (Lipinski definition) is 6. The lowest BCUT2D eigenvalue weighted by molar-refractivity contribution is 0.484. The van der Waals surface area contributed by atoms with Crippen molar-refractivity contribution in [2.45, 2.75) is 33.1 Å². The molecule has 12 aromatic carbocycles. The fourth-order valence-electron chi connectivity index (χ4n) is 18.0. The normalized spacial score (nSPS) is 15.4. The number of hydrogen-bond donors (Lipinski definition) is 0. The molecule has 8 aliphatic heterocycles. The van der Waals surface area contributed by atoms with Crippen LogP contribution < -0.4 is 94.6 Å². The summed E-state index contributed by atoms with van der Waals surface area (Å²) in [5.74, 6) is 3.78.